The van der Waals surface area contributed by atoms with Gasteiger partial charge in [0.1, 0.15) is 6.10 Å². The van der Waals surface area contributed by atoms with E-state index in [4.69, 9.17) is 16.6 Å². The molecule has 1 heterocycles. The van der Waals surface area contributed by atoms with Crippen molar-refractivity contribution in [2.45, 2.75) is 31.7 Å². The summed E-state index contributed by atoms with van der Waals surface area (Å²) < 4.78 is 0. The summed E-state index contributed by atoms with van der Waals surface area (Å²) in [6, 6.07) is 1.81. The van der Waals surface area contributed by atoms with E-state index < -0.39 is 18.8 Å². The molecule has 0 spiro atoms. The Morgan fingerprint density at radius 2 is 1.88 bits per heavy atom. The first kappa shape index (κ1) is 14.0. The molecule has 2 unspecified atom stereocenters. The third-order valence-corrected chi connectivity index (χ3v) is 2.61. The summed E-state index contributed by atoms with van der Waals surface area (Å²) >= 11 is 0. The molecule has 1 aromatic rings. The molecule has 0 amide bonds. The van der Waals surface area contributed by atoms with Crippen LogP contribution in [0.25, 0.3) is 0 Å². The van der Waals surface area contributed by atoms with E-state index >= 15 is 0 Å². The highest BCUT2D eigenvalue weighted by atomic mass is 16.4. The minimum Gasteiger partial charge on any atom is -0.394 e. The number of rotatable bonds is 6. The lowest BCUT2D eigenvalue weighted by Crippen LogP contribution is -2.31. The van der Waals surface area contributed by atoms with Gasteiger partial charge in [-0.3, -0.25) is 4.98 Å². The summed E-state index contributed by atoms with van der Waals surface area (Å²) in [5, 5.41) is 27.7. The van der Waals surface area contributed by atoms with Gasteiger partial charge in [-0.15, -0.1) is 0 Å². The molecule has 6 nitrogen and oxygen atoms in total. The van der Waals surface area contributed by atoms with E-state index in [0.29, 0.717) is 12.2 Å². The van der Waals surface area contributed by atoms with Crippen LogP contribution in [0.5, 0.6) is 0 Å². The van der Waals surface area contributed by atoms with Crippen molar-refractivity contribution in [2.24, 2.45) is 11.5 Å². The van der Waals surface area contributed by atoms with Crippen molar-refractivity contribution in [3.63, 3.8) is 0 Å². The number of nitrogens with two attached hydrogens (primary N) is 2. The Labute approximate surface area is 99.9 Å². The Bertz CT molecular complexity index is 360. The zero-order valence-electron chi connectivity index (χ0n) is 9.58. The molecule has 0 saturated heterocycles. The lowest BCUT2D eigenvalue weighted by atomic mass is 10.0. The van der Waals surface area contributed by atoms with Gasteiger partial charge in [0.25, 0.3) is 0 Å². The minimum atomic E-state index is -1.16. The summed E-state index contributed by atoms with van der Waals surface area (Å²) in [4.78, 5) is 4.15. The molecule has 1 aromatic heterocycles. The van der Waals surface area contributed by atoms with E-state index in [1.54, 1.807) is 6.20 Å². The zero-order chi connectivity index (χ0) is 12.8. The number of aliphatic hydroxyl groups is 3. The second-order valence-corrected chi connectivity index (χ2v) is 3.88. The second-order valence-electron chi connectivity index (χ2n) is 3.88. The average molecular weight is 241 g/mol. The van der Waals surface area contributed by atoms with Crippen LogP contribution in [0.2, 0.25) is 0 Å². The van der Waals surface area contributed by atoms with E-state index in [9.17, 15) is 10.2 Å². The zero-order valence-corrected chi connectivity index (χ0v) is 9.58. The Hall–Kier alpha value is -1.05. The maximum atomic E-state index is 9.64. The van der Waals surface area contributed by atoms with Crippen LogP contribution >= 0.6 is 0 Å². The average Bonchev–Trinajstić information content (AvgIpc) is 2.37. The third kappa shape index (κ3) is 3.72. The highest BCUT2D eigenvalue weighted by Crippen LogP contribution is 2.12. The van der Waals surface area contributed by atoms with E-state index in [1.165, 1.54) is 0 Å². The summed E-state index contributed by atoms with van der Waals surface area (Å²) in [6.07, 6.45) is -0.377. The van der Waals surface area contributed by atoms with Crippen molar-refractivity contribution >= 4 is 0 Å². The molecule has 0 saturated carbocycles. The molecule has 0 aliphatic rings. The lowest BCUT2D eigenvalue weighted by molar-refractivity contribution is -0.0133. The van der Waals surface area contributed by atoms with Gasteiger partial charge in [0, 0.05) is 25.7 Å². The monoisotopic (exact) mass is 241 g/mol. The number of aromatic nitrogens is 1. The smallest absolute Gasteiger partial charge is 0.103 e. The van der Waals surface area contributed by atoms with Gasteiger partial charge < -0.3 is 26.8 Å². The fourth-order valence-electron chi connectivity index (χ4n) is 1.54. The second kappa shape index (κ2) is 6.63. The largest absolute Gasteiger partial charge is 0.394 e. The molecule has 2 atom stereocenters. The predicted molar refractivity (Wildman–Crippen MR) is 62.8 cm³/mol. The van der Waals surface area contributed by atoms with Gasteiger partial charge in [0.15, 0.2) is 0 Å². The Balaban J connectivity index is 2.87. The van der Waals surface area contributed by atoms with Crippen LogP contribution in [0.3, 0.4) is 0 Å². The summed E-state index contributed by atoms with van der Waals surface area (Å²) in [5.74, 6) is 0. The SMILES string of the molecule is NCc1cnc(CN)c(CC(O)C(O)CO)c1. The molecule has 1 rings (SSSR count). The number of nitrogens with zero attached hydrogens (tertiary/aromatic N) is 1. The third-order valence-electron chi connectivity index (χ3n) is 2.61. The van der Waals surface area contributed by atoms with Crippen LogP contribution in [0.4, 0.5) is 0 Å². The quantitative estimate of drug-likeness (QED) is 0.402. The standard InChI is InChI=1S/C11H19N3O3/c12-3-7-1-8(9(4-13)14-5-7)2-10(16)11(17)6-15/h1,5,10-11,15-17H,2-4,6,12-13H2. The Morgan fingerprint density at radius 3 is 2.41 bits per heavy atom. The molecular weight excluding hydrogens is 222 g/mol. The molecule has 96 valence electrons. The van der Waals surface area contributed by atoms with Crippen LogP contribution in [0, 0.1) is 0 Å². The topological polar surface area (TPSA) is 126 Å². The fraction of sp³-hybridized carbons (Fsp3) is 0.545. The summed E-state index contributed by atoms with van der Waals surface area (Å²) in [6.45, 7) is 0.120. The first-order valence-electron chi connectivity index (χ1n) is 5.46. The van der Waals surface area contributed by atoms with Gasteiger partial charge >= 0.3 is 0 Å². The van der Waals surface area contributed by atoms with E-state index in [-0.39, 0.29) is 13.0 Å². The summed E-state index contributed by atoms with van der Waals surface area (Å²) in [5.41, 5.74) is 13.3. The molecule has 6 heteroatoms. The molecular formula is C11H19N3O3. The number of aliphatic hydroxyl groups excluding tert-OH is 3. The Morgan fingerprint density at radius 1 is 1.18 bits per heavy atom. The maximum Gasteiger partial charge on any atom is 0.103 e. The molecule has 17 heavy (non-hydrogen) atoms. The van der Waals surface area contributed by atoms with Crippen LogP contribution in [0.1, 0.15) is 16.8 Å². The van der Waals surface area contributed by atoms with Gasteiger partial charge in [-0.25, -0.2) is 0 Å². The lowest BCUT2D eigenvalue weighted by Gasteiger charge is -2.17. The van der Waals surface area contributed by atoms with Crippen molar-refractivity contribution in [1.29, 1.82) is 0 Å². The molecule has 0 fully saturated rings. The fourth-order valence-corrected chi connectivity index (χ4v) is 1.54. The van der Waals surface area contributed by atoms with Crippen molar-refractivity contribution in [3.8, 4) is 0 Å². The first-order valence-corrected chi connectivity index (χ1v) is 5.46. The molecule has 0 aliphatic carbocycles. The highest BCUT2D eigenvalue weighted by Gasteiger charge is 2.17. The Kier molecular flexibility index (Phi) is 5.46. The van der Waals surface area contributed by atoms with E-state index in [0.717, 1.165) is 11.1 Å². The molecule has 0 aromatic carbocycles. The van der Waals surface area contributed by atoms with Crippen molar-refractivity contribution in [3.05, 3.63) is 29.1 Å². The van der Waals surface area contributed by atoms with Crippen LogP contribution in [-0.4, -0.2) is 39.1 Å². The van der Waals surface area contributed by atoms with Gasteiger partial charge in [-0.2, -0.15) is 0 Å². The number of hydrogen-bond acceptors (Lipinski definition) is 6. The highest BCUT2D eigenvalue weighted by molar-refractivity contribution is 5.26. The van der Waals surface area contributed by atoms with Gasteiger partial charge in [0.05, 0.1) is 18.4 Å². The molecule has 7 N–H and O–H groups in total. The van der Waals surface area contributed by atoms with E-state index in [2.05, 4.69) is 4.98 Å². The summed E-state index contributed by atoms with van der Waals surface area (Å²) in [7, 11) is 0. The normalized spacial score (nSPS) is 14.6. The molecule has 0 aliphatic heterocycles. The number of hydrogen-bond donors (Lipinski definition) is 5. The maximum absolute atomic E-state index is 9.64. The predicted octanol–water partition coefficient (Wildman–Crippen LogP) is -1.74. The molecule has 0 bridgehead atoms. The number of pyridine rings is 1. The van der Waals surface area contributed by atoms with Gasteiger partial charge in [0.2, 0.25) is 0 Å². The van der Waals surface area contributed by atoms with E-state index in [1.807, 2.05) is 6.07 Å². The molecule has 0 radical (unpaired) electrons. The van der Waals surface area contributed by atoms with Crippen molar-refractivity contribution in [1.82, 2.24) is 4.98 Å². The van der Waals surface area contributed by atoms with Crippen molar-refractivity contribution < 1.29 is 15.3 Å². The van der Waals surface area contributed by atoms with Crippen molar-refractivity contribution in [2.75, 3.05) is 6.61 Å². The first-order chi connectivity index (χ1) is 8.12. The van der Waals surface area contributed by atoms with Gasteiger partial charge in [-0.05, 0) is 11.1 Å². The minimum absolute atomic E-state index is 0.190. The van der Waals surface area contributed by atoms with Crippen LogP contribution in [-0.2, 0) is 19.5 Å². The van der Waals surface area contributed by atoms with Crippen LogP contribution < -0.4 is 11.5 Å². The van der Waals surface area contributed by atoms with Crippen LogP contribution in [0.15, 0.2) is 12.3 Å². The van der Waals surface area contributed by atoms with Gasteiger partial charge in [-0.1, -0.05) is 6.07 Å².